The molecule has 0 radical (unpaired) electrons. The van der Waals surface area contributed by atoms with Crippen LogP contribution in [0, 0.1) is 5.41 Å². The first-order chi connectivity index (χ1) is 13.4. The molecule has 29 heavy (non-hydrogen) atoms. The van der Waals surface area contributed by atoms with Gasteiger partial charge in [-0.25, -0.2) is 0 Å². The zero-order valence-electron chi connectivity index (χ0n) is 18.8. The molecular weight excluding hydrogens is 428 g/mol. The van der Waals surface area contributed by atoms with Crippen molar-refractivity contribution in [3.8, 4) is 11.1 Å². The minimum atomic E-state index is 0. The van der Waals surface area contributed by atoms with Gasteiger partial charge in [-0.15, -0.1) is 0 Å². The molecule has 0 atom stereocenters. The van der Waals surface area contributed by atoms with E-state index >= 15 is 0 Å². The summed E-state index contributed by atoms with van der Waals surface area (Å²) in [7, 11) is 0. The molecule has 0 unspecified atom stereocenters. The van der Waals surface area contributed by atoms with Crippen LogP contribution in [0.15, 0.2) is 48.0 Å². The van der Waals surface area contributed by atoms with Crippen LogP contribution in [0.2, 0.25) is 0 Å². The molecule has 152 valence electrons. The Morgan fingerprint density at radius 2 is 1.59 bits per heavy atom. The van der Waals surface area contributed by atoms with E-state index in [-0.39, 0.29) is 31.6 Å². The van der Waals surface area contributed by atoms with Crippen LogP contribution in [0.1, 0.15) is 89.3 Å². The maximum Gasteiger partial charge on any atom is 0 e. The fourth-order valence-corrected chi connectivity index (χ4v) is 5.39. The van der Waals surface area contributed by atoms with Crippen LogP contribution in [0.5, 0.6) is 0 Å². The van der Waals surface area contributed by atoms with Crippen molar-refractivity contribution in [1.29, 1.82) is 0 Å². The second kappa shape index (κ2) is 9.05. The van der Waals surface area contributed by atoms with Gasteiger partial charge >= 0.3 is 0 Å². The van der Waals surface area contributed by atoms with Gasteiger partial charge in [-0.2, -0.15) is 0 Å². The van der Waals surface area contributed by atoms with Crippen LogP contribution in [0.25, 0.3) is 17.2 Å². The van der Waals surface area contributed by atoms with Crippen molar-refractivity contribution in [3.05, 3.63) is 64.7 Å². The van der Waals surface area contributed by atoms with E-state index in [4.69, 9.17) is 0 Å². The number of allylic oxidation sites excluding steroid dienone is 1. The van der Waals surface area contributed by atoms with E-state index in [9.17, 15) is 0 Å². The van der Waals surface area contributed by atoms with Gasteiger partial charge in [0.25, 0.3) is 0 Å². The smallest absolute Gasteiger partial charge is 0 e. The van der Waals surface area contributed by atoms with Crippen molar-refractivity contribution < 1.29 is 26.2 Å². The predicted molar refractivity (Wildman–Crippen MR) is 123 cm³/mol. The third-order valence-corrected chi connectivity index (χ3v) is 7.29. The van der Waals surface area contributed by atoms with Crippen molar-refractivity contribution in [2.45, 2.75) is 84.5 Å². The number of fused-ring (bicyclic) bond motifs is 1. The molecule has 1 heteroatoms. The van der Waals surface area contributed by atoms with Crippen molar-refractivity contribution in [3.63, 3.8) is 0 Å². The van der Waals surface area contributed by atoms with Crippen LogP contribution in [-0.2, 0) is 38.0 Å². The molecule has 1 fully saturated rings. The van der Waals surface area contributed by atoms with Gasteiger partial charge in [0.05, 0.1) is 0 Å². The molecule has 0 bridgehead atoms. The van der Waals surface area contributed by atoms with Gasteiger partial charge in [-0.05, 0) is 64.3 Å². The van der Waals surface area contributed by atoms with E-state index in [0.29, 0.717) is 5.41 Å². The normalized spacial score (nSPS) is 18.0. The number of hydrogen-bond donors (Lipinski definition) is 0. The Morgan fingerprint density at radius 1 is 0.897 bits per heavy atom. The van der Waals surface area contributed by atoms with Crippen molar-refractivity contribution in [2.24, 2.45) is 5.41 Å². The summed E-state index contributed by atoms with van der Waals surface area (Å²) < 4.78 is 0. The molecule has 1 saturated carbocycles. The van der Waals surface area contributed by atoms with Gasteiger partial charge in [-0.3, -0.25) is 0 Å². The third-order valence-electron chi connectivity index (χ3n) is 7.29. The van der Waals surface area contributed by atoms with E-state index in [1.54, 1.807) is 5.57 Å². The van der Waals surface area contributed by atoms with Crippen molar-refractivity contribution in [1.82, 2.24) is 0 Å². The number of rotatable bonds is 4. The van der Waals surface area contributed by atoms with E-state index in [0.717, 1.165) is 6.42 Å². The third kappa shape index (κ3) is 4.87. The number of hydrogen-bond acceptors (Lipinski definition) is 0. The molecule has 0 heterocycles. The summed E-state index contributed by atoms with van der Waals surface area (Å²) in [6.45, 7) is 9.26. The summed E-state index contributed by atoms with van der Waals surface area (Å²) in [6, 6.07) is 16.1. The molecular formula is C28H36Zr. The van der Waals surface area contributed by atoms with Gasteiger partial charge in [0.15, 0.2) is 0 Å². The average molecular weight is 464 g/mol. The minimum Gasteiger partial charge on any atom is -0.0648 e. The summed E-state index contributed by atoms with van der Waals surface area (Å²) in [6.07, 6.45) is 13.5. The first kappa shape index (κ1) is 22.7. The van der Waals surface area contributed by atoms with Crippen LogP contribution in [-0.4, -0.2) is 0 Å². The first-order valence-electron chi connectivity index (χ1n) is 11.3. The van der Waals surface area contributed by atoms with Crippen molar-refractivity contribution >= 4 is 6.08 Å². The second-order valence-electron chi connectivity index (χ2n) is 10.3. The molecule has 0 saturated heterocycles. The van der Waals surface area contributed by atoms with Crippen LogP contribution >= 0.6 is 0 Å². The van der Waals surface area contributed by atoms with Crippen molar-refractivity contribution in [2.75, 3.05) is 0 Å². The van der Waals surface area contributed by atoms with Gasteiger partial charge in [0.2, 0.25) is 0 Å². The zero-order valence-corrected chi connectivity index (χ0v) is 21.2. The van der Waals surface area contributed by atoms with Gasteiger partial charge in [-0.1, -0.05) is 107 Å². The Labute approximate surface area is 197 Å². The largest absolute Gasteiger partial charge is 0.0648 e. The Balaban J connectivity index is 0.00000240. The first-order valence-corrected chi connectivity index (χ1v) is 11.3. The van der Waals surface area contributed by atoms with E-state index < -0.39 is 0 Å². The Bertz CT molecular complexity index is 858. The monoisotopic (exact) mass is 462 g/mol. The Morgan fingerprint density at radius 3 is 2.21 bits per heavy atom. The SMILES string of the molecule is CCC1(CC2=Cc3c(cccc3-c3ccc(C(C)(C)C)cc3)C2)CCCCC1.[Zr]. The standard InChI is InChI=1S/C28H36.Zr/c1-5-28(16-7-6-8-17-28)20-21-18-23-10-9-11-25(26(23)19-21)22-12-14-24(15-13-22)27(2,3)4;/h9-15,19H,5-8,16-18,20H2,1-4H3;. The van der Waals surface area contributed by atoms with E-state index in [2.05, 4.69) is 76.2 Å². The van der Waals surface area contributed by atoms with Gasteiger partial charge in [0.1, 0.15) is 0 Å². The fourth-order valence-electron chi connectivity index (χ4n) is 5.39. The molecule has 0 amide bonds. The summed E-state index contributed by atoms with van der Waals surface area (Å²) in [5, 5.41) is 0. The topological polar surface area (TPSA) is 0 Å². The Hall–Kier alpha value is -0.937. The summed E-state index contributed by atoms with van der Waals surface area (Å²) in [4.78, 5) is 0. The summed E-state index contributed by atoms with van der Waals surface area (Å²) in [5.74, 6) is 0. The Kier molecular flexibility index (Phi) is 7.10. The molecule has 2 aromatic carbocycles. The molecule has 2 aliphatic carbocycles. The quantitative estimate of drug-likeness (QED) is 0.427. The van der Waals surface area contributed by atoms with Gasteiger partial charge < -0.3 is 0 Å². The average Bonchev–Trinajstić information content (AvgIpc) is 3.10. The summed E-state index contributed by atoms with van der Waals surface area (Å²) >= 11 is 0. The van der Waals surface area contributed by atoms with E-state index in [1.807, 2.05) is 0 Å². The molecule has 2 aliphatic rings. The molecule has 0 aromatic heterocycles. The summed E-state index contributed by atoms with van der Waals surface area (Å²) in [5.41, 5.74) is 9.60. The van der Waals surface area contributed by atoms with Gasteiger partial charge in [0, 0.05) is 26.2 Å². The van der Waals surface area contributed by atoms with Crippen LogP contribution < -0.4 is 0 Å². The maximum absolute atomic E-state index is 2.54. The minimum absolute atomic E-state index is 0. The molecule has 0 spiro atoms. The van der Waals surface area contributed by atoms with E-state index in [1.165, 1.54) is 72.8 Å². The number of benzene rings is 2. The molecule has 0 aliphatic heterocycles. The molecule has 4 rings (SSSR count). The molecule has 0 N–H and O–H groups in total. The predicted octanol–water partition coefficient (Wildman–Crippen LogP) is 8.34. The van der Waals surface area contributed by atoms with Crippen LogP contribution in [0.4, 0.5) is 0 Å². The van der Waals surface area contributed by atoms with Crippen LogP contribution in [0.3, 0.4) is 0 Å². The fraction of sp³-hybridized carbons (Fsp3) is 0.500. The maximum atomic E-state index is 2.54. The molecule has 0 nitrogen and oxygen atoms in total. The second-order valence-corrected chi connectivity index (χ2v) is 10.3. The zero-order chi connectivity index (χ0) is 19.8. The molecule has 2 aromatic rings.